The van der Waals surface area contributed by atoms with E-state index in [0.29, 0.717) is 30.7 Å². The first-order valence-corrected chi connectivity index (χ1v) is 6.83. The Kier molecular flexibility index (Phi) is 3.32. The van der Waals surface area contributed by atoms with Crippen LogP contribution in [0.25, 0.3) is 5.65 Å². The average Bonchev–Trinajstić information content (AvgIpc) is 2.86. The fraction of sp³-hybridized carbons (Fsp3) is 0.385. The van der Waals surface area contributed by atoms with E-state index >= 15 is 0 Å². The number of fused-ring (bicyclic) bond motifs is 1. The number of carbonyl (C=O) groups is 2. The molecule has 3 heterocycles. The van der Waals surface area contributed by atoms with Crippen LogP contribution in [0.4, 0.5) is 11.6 Å². The number of nitrogens with zero attached hydrogens (tertiary/aromatic N) is 4. The van der Waals surface area contributed by atoms with E-state index in [4.69, 9.17) is 10.8 Å². The Labute approximate surface area is 125 Å². The van der Waals surface area contributed by atoms with Gasteiger partial charge in [-0.15, -0.1) is 5.10 Å². The molecule has 116 valence electrons. The molecule has 1 unspecified atom stereocenters. The number of nitrogen functional groups attached to an aromatic ring is 1. The van der Waals surface area contributed by atoms with Gasteiger partial charge in [0.05, 0.1) is 11.6 Å². The van der Waals surface area contributed by atoms with E-state index in [2.05, 4.69) is 10.1 Å². The predicted molar refractivity (Wildman–Crippen MR) is 76.9 cm³/mol. The number of pyridine rings is 1. The van der Waals surface area contributed by atoms with Crippen molar-refractivity contribution in [2.24, 2.45) is 5.92 Å². The van der Waals surface area contributed by atoms with Crippen LogP contribution in [0.15, 0.2) is 12.1 Å². The molecule has 3 rings (SSSR count). The molecule has 0 bridgehead atoms. The maximum Gasteiger partial charge on any atom is 0.356 e. The summed E-state index contributed by atoms with van der Waals surface area (Å²) >= 11 is 0. The van der Waals surface area contributed by atoms with Gasteiger partial charge >= 0.3 is 11.9 Å². The summed E-state index contributed by atoms with van der Waals surface area (Å²) in [7, 11) is 0. The number of hydrogen-bond donors (Lipinski definition) is 3. The van der Waals surface area contributed by atoms with Gasteiger partial charge in [0.2, 0.25) is 5.95 Å². The van der Waals surface area contributed by atoms with Gasteiger partial charge < -0.3 is 20.8 Å². The summed E-state index contributed by atoms with van der Waals surface area (Å²) in [5.41, 5.74) is 6.23. The lowest BCUT2D eigenvalue weighted by atomic mass is 9.97. The highest BCUT2D eigenvalue weighted by Crippen LogP contribution is 2.27. The average molecular weight is 305 g/mol. The van der Waals surface area contributed by atoms with Crippen molar-refractivity contribution in [1.82, 2.24) is 14.6 Å². The molecule has 0 saturated carbocycles. The lowest BCUT2D eigenvalue weighted by Gasteiger charge is -2.33. The summed E-state index contributed by atoms with van der Waals surface area (Å²) in [6.07, 6.45) is 1.28. The summed E-state index contributed by atoms with van der Waals surface area (Å²) < 4.78 is 1.18. The van der Waals surface area contributed by atoms with E-state index in [0.717, 1.165) is 0 Å². The summed E-state index contributed by atoms with van der Waals surface area (Å²) in [5, 5.41) is 22.6. The van der Waals surface area contributed by atoms with Crippen LogP contribution in [-0.2, 0) is 4.79 Å². The lowest BCUT2D eigenvalue weighted by molar-refractivity contribution is -0.141. The van der Waals surface area contributed by atoms with Gasteiger partial charge in [-0.1, -0.05) is 0 Å². The van der Waals surface area contributed by atoms with Crippen LogP contribution in [0.1, 0.15) is 23.3 Å². The minimum atomic E-state index is -1.16. The molecule has 9 heteroatoms. The minimum absolute atomic E-state index is 0.0123. The van der Waals surface area contributed by atoms with Gasteiger partial charge in [-0.25, -0.2) is 9.31 Å². The van der Waals surface area contributed by atoms with E-state index in [1.807, 2.05) is 0 Å². The molecule has 1 saturated heterocycles. The van der Waals surface area contributed by atoms with Crippen LogP contribution in [0, 0.1) is 5.92 Å². The largest absolute Gasteiger partial charge is 0.481 e. The monoisotopic (exact) mass is 305 g/mol. The molecule has 0 spiro atoms. The third-order valence-corrected chi connectivity index (χ3v) is 3.81. The topological polar surface area (TPSA) is 134 Å². The number of aromatic nitrogens is 3. The Morgan fingerprint density at radius 2 is 2.09 bits per heavy atom. The molecule has 0 aliphatic carbocycles. The fourth-order valence-electron chi connectivity index (χ4n) is 2.81. The number of carboxylic acids is 2. The second-order valence-corrected chi connectivity index (χ2v) is 5.24. The zero-order chi connectivity index (χ0) is 15.9. The number of hydrogen-bond acceptors (Lipinski definition) is 6. The van der Waals surface area contributed by atoms with Crippen molar-refractivity contribution < 1.29 is 19.8 Å². The molecule has 9 nitrogen and oxygen atoms in total. The Morgan fingerprint density at radius 1 is 1.32 bits per heavy atom. The van der Waals surface area contributed by atoms with E-state index in [1.165, 1.54) is 4.52 Å². The molecule has 1 aliphatic rings. The first-order chi connectivity index (χ1) is 10.5. The smallest absolute Gasteiger partial charge is 0.356 e. The number of rotatable bonds is 3. The molecule has 22 heavy (non-hydrogen) atoms. The standard InChI is InChI=1S/C13H15N5O4/c14-13-15-9-4-3-8(10(12(21)22)18(9)16-13)17-5-1-2-7(6-17)11(19)20/h3-4,7H,1-2,5-6H2,(H2,14,16)(H,19,20)(H,21,22). The van der Waals surface area contributed by atoms with E-state index < -0.39 is 17.9 Å². The van der Waals surface area contributed by atoms with Gasteiger partial charge in [0.15, 0.2) is 11.3 Å². The first-order valence-electron chi connectivity index (χ1n) is 6.83. The maximum absolute atomic E-state index is 11.6. The Hall–Kier alpha value is -2.84. The number of nitrogens with two attached hydrogens (primary N) is 1. The number of carboxylic acid groups (broad SMARTS) is 2. The zero-order valence-electron chi connectivity index (χ0n) is 11.6. The third kappa shape index (κ3) is 2.30. The predicted octanol–water partition coefficient (Wildman–Crippen LogP) is 0.311. The zero-order valence-corrected chi connectivity index (χ0v) is 11.6. The normalized spacial score (nSPS) is 18.5. The van der Waals surface area contributed by atoms with Crippen molar-refractivity contribution in [3.63, 3.8) is 0 Å². The van der Waals surface area contributed by atoms with E-state index in [-0.39, 0.29) is 18.2 Å². The molecule has 2 aromatic heterocycles. The second-order valence-electron chi connectivity index (χ2n) is 5.24. The van der Waals surface area contributed by atoms with Crippen molar-refractivity contribution in [2.75, 3.05) is 23.7 Å². The molecular formula is C13H15N5O4. The van der Waals surface area contributed by atoms with Gasteiger partial charge in [-0.3, -0.25) is 4.79 Å². The highest BCUT2D eigenvalue weighted by molar-refractivity contribution is 5.93. The van der Waals surface area contributed by atoms with Crippen molar-refractivity contribution in [3.8, 4) is 0 Å². The lowest BCUT2D eigenvalue weighted by Crippen LogP contribution is -2.39. The quantitative estimate of drug-likeness (QED) is 0.737. The second kappa shape index (κ2) is 5.17. The Balaban J connectivity index is 2.08. The third-order valence-electron chi connectivity index (χ3n) is 3.81. The van der Waals surface area contributed by atoms with Crippen LogP contribution < -0.4 is 10.6 Å². The molecule has 1 fully saturated rings. The van der Waals surface area contributed by atoms with E-state index in [1.54, 1.807) is 17.0 Å². The molecule has 0 amide bonds. The van der Waals surface area contributed by atoms with Gasteiger partial charge in [-0.2, -0.15) is 4.98 Å². The van der Waals surface area contributed by atoms with Gasteiger partial charge in [0.1, 0.15) is 0 Å². The fourth-order valence-corrected chi connectivity index (χ4v) is 2.81. The number of piperidine rings is 1. The molecule has 0 aromatic carbocycles. The van der Waals surface area contributed by atoms with Crippen LogP contribution in [-0.4, -0.2) is 49.8 Å². The van der Waals surface area contributed by atoms with Crippen molar-refractivity contribution in [2.45, 2.75) is 12.8 Å². The van der Waals surface area contributed by atoms with Crippen molar-refractivity contribution >= 4 is 29.2 Å². The number of aliphatic carboxylic acids is 1. The molecule has 1 atom stereocenters. The van der Waals surface area contributed by atoms with Crippen LogP contribution in [0.5, 0.6) is 0 Å². The number of anilines is 2. The summed E-state index contributed by atoms with van der Waals surface area (Å²) in [6.45, 7) is 0.866. The van der Waals surface area contributed by atoms with Gasteiger partial charge in [0, 0.05) is 13.1 Å². The van der Waals surface area contributed by atoms with Crippen LogP contribution in [0.3, 0.4) is 0 Å². The SMILES string of the molecule is Nc1nc2ccc(N3CCCC(C(=O)O)C3)c(C(=O)O)n2n1. The summed E-state index contributed by atoms with van der Waals surface area (Å²) in [4.78, 5) is 28.5. The maximum atomic E-state index is 11.6. The summed E-state index contributed by atoms with van der Waals surface area (Å²) in [6, 6.07) is 3.24. The highest BCUT2D eigenvalue weighted by Gasteiger charge is 2.29. The van der Waals surface area contributed by atoms with Crippen LogP contribution >= 0.6 is 0 Å². The van der Waals surface area contributed by atoms with Crippen LogP contribution in [0.2, 0.25) is 0 Å². The molecular weight excluding hydrogens is 290 g/mol. The highest BCUT2D eigenvalue weighted by atomic mass is 16.4. The molecule has 4 N–H and O–H groups in total. The summed E-state index contributed by atoms with van der Waals surface area (Å²) in [5.74, 6) is -2.55. The van der Waals surface area contributed by atoms with Crippen molar-refractivity contribution in [3.05, 3.63) is 17.8 Å². The Bertz CT molecular complexity index is 756. The Morgan fingerprint density at radius 3 is 2.77 bits per heavy atom. The van der Waals surface area contributed by atoms with Gasteiger partial charge in [-0.05, 0) is 25.0 Å². The van der Waals surface area contributed by atoms with Crippen molar-refractivity contribution in [1.29, 1.82) is 0 Å². The van der Waals surface area contributed by atoms with E-state index in [9.17, 15) is 14.7 Å². The molecule has 0 radical (unpaired) electrons. The van der Waals surface area contributed by atoms with Gasteiger partial charge in [0.25, 0.3) is 0 Å². The molecule has 1 aliphatic heterocycles. The first kappa shape index (κ1) is 14.1. The minimum Gasteiger partial charge on any atom is -0.481 e. The molecule has 2 aromatic rings. The number of aromatic carboxylic acids is 1.